The summed E-state index contributed by atoms with van der Waals surface area (Å²) in [5, 5.41) is 3.11. The van der Waals surface area contributed by atoms with E-state index in [1.165, 1.54) is 17.5 Å². The number of ketones is 1. The summed E-state index contributed by atoms with van der Waals surface area (Å²) in [5.41, 5.74) is 3.45. The number of amides is 1. The van der Waals surface area contributed by atoms with Gasteiger partial charge in [-0.25, -0.2) is 0 Å². The van der Waals surface area contributed by atoms with Crippen LogP contribution in [0.5, 0.6) is 0 Å². The number of fused-ring (bicyclic) bond motifs is 1. The Kier molecular flexibility index (Phi) is 5.89. The van der Waals surface area contributed by atoms with Crippen LogP contribution in [0.25, 0.3) is 0 Å². The summed E-state index contributed by atoms with van der Waals surface area (Å²) >= 11 is 0. The Bertz CT molecular complexity index is 631. The van der Waals surface area contributed by atoms with E-state index in [0.717, 1.165) is 44.3 Å². The van der Waals surface area contributed by atoms with E-state index in [9.17, 15) is 9.59 Å². The van der Waals surface area contributed by atoms with Gasteiger partial charge < -0.3 is 10.2 Å². The van der Waals surface area contributed by atoms with Crippen molar-refractivity contribution in [1.82, 2.24) is 10.2 Å². The second kappa shape index (κ2) is 8.13. The number of nitrogens with zero attached hydrogens (tertiary/aromatic N) is 1. The molecule has 0 radical (unpaired) electrons. The molecule has 136 valence electrons. The molecule has 1 amide bonds. The number of nitrogens with one attached hydrogen (secondary N) is 1. The standard InChI is InChI=1S/C21H30N2O2/c1-15(2)23-12-10-19(11-13-23)22-21(25)9-8-20(24)18-7-6-16-4-3-5-17(16)14-18/h6-7,14-15,19H,3-5,8-13H2,1-2H3,(H,22,25). The molecule has 1 aliphatic heterocycles. The first kappa shape index (κ1) is 18.1. The summed E-state index contributed by atoms with van der Waals surface area (Å²) in [6.45, 7) is 6.50. The van der Waals surface area contributed by atoms with Crippen molar-refractivity contribution in [1.29, 1.82) is 0 Å². The van der Waals surface area contributed by atoms with E-state index in [-0.39, 0.29) is 17.7 Å². The molecule has 1 heterocycles. The lowest BCUT2D eigenvalue weighted by atomic mass is 10.0. The minimum absolute atomic E-state index is 0.0116. The monoisotopic (exact) mass is 342 g/mol. The Balaban J connectivity index is 1.42. The van der Waals surface area contributed by atoms with E-state index in [1.54, 1.807) is 0 Å². The van der Waals surface area contributed by atoms with Crippen LogP contribution in [-0.2, 0) is 17.6 Å². The average Bonchev–Trinajstić information content (AvgIpc) is 3.07. The molecule has 0 bridgehead atoms. The zero-order valence-electron chi connectivity index (χ0n) is 15.5. The maximum atomic E-state index is 12.4. The Morgan fingerprint density at radius 2 is 1.84 bits per heavy atom. The van der Waals surface area contributed by atoms with Gasteiger partial charge >= 0.3 is 0 Å². The zero-order valence-corrected chi connectivity index (χ0v) is 15.5. The molecule has 1 aliphatic carbocycles. The SMILES string of the molecule is CC(C)N1CCC(NC(=O)CCC(=O)c2ccc3c(c2)CCC3)CC1. The number of benzene rings is 1. The van der Waals surface area contributed by atoms with E-state index in [1.807, 2.05) is 12.1 Å². The molecule has 1 fully saturated rings. The zero-order chi connectivity index (χ0) is 17.8. The first-order valence-electron chi connectivity index (χ1n) is 9.71. The normalized spacial score (nSPS) is 18.4. The van der Waals surface area contributed by atoms with Gasteiger partial charge in [0.1, 0.15) is 0 Å². The van der Waals surface area contributed by atoms with E-state index >= 15 is 0 Å². The highest BCUT2D eigenvalue weighted by atomic mass is 16.2. The van der Waals surface area contributed by atoms with Crippen molar-refractivity contribution < 1.29 is 9.59 Å². The number of likely N-dealkylation sites (tertiary alicyclic amines) is 1. The van der Waals surface area contributed by atoms with Crippen molar-refractivity contribution in [3.63, 3.8) is 0 Å². The minimum atomic E-state index is 0.0116. The first-order valence-corrected chi connectivity index (χ1v) is 9.71. The predicted octanol–water partition coefficient (Wildman–Crippen LogP) is 3.13. The molecule has 1 aromatic rings. The van der Waals surface area contributed by atoms with Crippen molar-refractivity contribution in [2.24, 2.45) is 0 Å². The van der Waals surface area contributed by atoms with Crippen molar-refractivity contribution in [3.05, 3.63) is 34.9 Å². The van der Waals surface area contributed by atoms with Crippen LogP contribution in [-0.4, -0.2) is 41.8 Å². The van der Waals surface area contributed by atoms with Crippen molar-refractivity contribution in [2.75, 3.05) is 13.1 Å². The molecule has 4 nitrogen and oxygen atoms in total. The maximum absolute atomic E-state index is 12.4. The number of piperidine rings is 1. The molecule has 2 aliphatic rings. The molecular formula is C21H30N2O2. The van der Waals surface area contributed by atoms with E-state index in [2.05, 4.69) is 30.1 Å². The van der Waals surface area contributed by atoms with Crippen LogP contribution in [0.4, 0.5) is 0 Å². The van der Waals surface area contributed by atoms with Gasteiger partial charge in [-0.3, -0.25) is 9.59 Å². The predicted molar refractivity (Wildman–Crippen MR) is 99.9 cm³/mol. The summed E-state index contributed by atoms with van der Waals surface area (Å²) < 4.78 is 0. The van der Waals surface area contributed by atoms with Crippen LogP contribution >= 0.6 is 0 Å². The quantitative estimate of drug-likeness (QED) is 0.808. The fourth-order valence-electron chi connectivity index (χ4n) is 3.98. The highest BCUT2D eigenvalue weighted by molar-refractivity contribution is 5.98. The number of hydrogen-bond acceptors (Lipinski definition) is 3. The lowest BCUT2D eigenvalue weighted by molar-refractivity contribution is -0.122. The minimum Gasteiger partial charge on any atom is -0.353 e. The molecule has 25 heavy (non-hydrogen) atoms. The van der Waals surface area contributed by atoms with Crippen LogP contribution in [0.3, 0.4) is 0 Å². The molecule has 0 spiro atoms. The van der Waals surface area contributed by atoms with Crippen LogP contribution in [0.15, 0.2) is 18.2 Å². The first-order chi connectivity index (χ1) is 12.0. The third-order valence-electron chi connectivity index (χ3n) is 5.62. The smallest absolute Gasteiger partial charge is 0.220 e. The largest absolute Gasteiger partial charge is 0.353 e. The number of hydrogen-bond donors (Lipinski definition) is 1. The van der Waals surface area contributed by atoms with E-state index < -0.39 is 0 Å². The lowest BCUT2D eigenvalue weighted by Crippen LogP contribution is -2.46. The van der Waals surface area contributed by atoms with Crippen molar-refractivity contribution >= 4 is 11.7 Å². The average molecular weight is 342 g/mol. The van der Waals surface area contributed by atoms with Gasteiger partial charge in [0.2, 0.25) is 5.91 Å². The number of carbonyl (C=O) groups is 2. The highest BCUT2D eigenvalue weighted by Gasteiger charge is 2.22. The van der Waals surface area contributed by atoms with Gasteiger partial charge in [0.25, 0.3) is 0 Å². The third kappa shape index (κ3) is 4.69. The van der Waals surface area contributed by atoms with Crippen LogP contribution in [0.1, 0.15) is 67.4 Å². The van der Waals surface area contributed by atoms with Crippen LogP contribution in [0.2, 0.25) is 0 Å². The Hall–Kier alpha value is -1.68. The second-order valence-corrected chi connectivity index (χ2v) is 7.73. The molecule has 0 aromatic heterocycles. The summed E-state index contributed by atoms with van der Waals surface area (Å²) in [7, 11) is 0. The molecule has 0 unspecified atom stereocenters. The highest BCUT2D eigenvalue weighted by Crippen LogP contribution is 2.23. The van der Waals surface area contributed by atoms with E-state index in [0.29, 0.717) is 18.9 Å². The Morgan fingerprint density at radius 3 is 2.56 bits per heavy atom. The van der Waals surface area contributed by atoms with Crippen molar-refractivity contribution in [2.45, 2.75) is 70.9 Å². The van der Waals surface area contributed by atoms with Gasteiger partial charge in [-0.15, -0.1) is 0 Å². The molecule has 4 heteroatoms. The van der Waals surface area contributed by atoms with Crippen LogP contribution in [0, 0.1) is 0 Å². The van der Waals surface area contributed by atoms with E-state index in [4.69, 9.17) is 0 Å². The van der Waals surface area contributed by atoms with Crippen LogP contribution < -0.4 is 5.32 Å². The van der Waals surface area contributed by atoms with Gasteiger partial charge in [-0.05, 0) is 63.1 Å². The summed E-state index contributed by atoms with van der Waals surface area (Å²) in [6, 6.07) is 6.87. The van der Waals surface area contributed by atoms with Gasteiger partial charge in [0.15, 0.2) is 5.78 Å². The maximum Gasteiger partial charge on any atom is 0.220 e. The number of aryl methyl sites for hydroxylation is 2. The summed E-state index contributed by atoms with van der Waals surface area (Å²) in [4.78, 5) is 27.0. The van der Waals surface area contributed by atoms with Gasteiger partial charge in [-0.2, -0.15) is 0 Å². The fourth-order valence-corrected chi connectivity index (χ4v) is 3.98. The number of Topliss-reactive ketones (excluding diaryl/α,β-unsaturated/α-hetero) is 1. The third-order valence-corrected chi connectivity index (χ3v) is 5.62. The van der Waals surface area contributed by atoms with Gasteiger partial charge in [-0.1, -0.05) is 12.1 Å². The molecule has 1 aromatic carbocycles. The van der Waals surface area contributed by atoms with Gasteiger partial charge in [0.05, 0.1) is 0 Å². The molecular weight excluding hydrogens is 312 g/mol. The molecule has 0 saturated carbocycles. The topological polar surface area (TPSA) is 49.4 Å². The molecule has 3 rings (SSSR count). The number of carbonyl (C=O) groups excluding carboxylic acids is 2. The molecule has 1 N–H and O–H groups in total. The fraction of sp³-hybridized carbons (Fsp3) is 0.619. The Labute approximate surface area is 151 Å². The molecule has 1 saturated heterocycles. The lowest BCUT2D eigenvalue weighted by Gasteiger charge is -2.34. The summed E-state index contributed by atoms with van der Waals surface area (Å²) in [6.07, 6.45) is 5.99. The summed E-state index contributed by atoms with van der Waals surface area (Å²) in [5.74, 6) is 0.0944. The number of rotatable bonds is 6. The van der Waals surface area contributed by atoms with Gasteiger partial charge in [0, 0.05) is 43.6 Å². The molecule has 0 atom stereocenters. The Morgan fingerprint density at radius 1 is 1.12 bits per heavy atom. The van der Waals surface area contributed by atoms with Crippen molar-refractivity contribution in [3.8, 4) is 0 Å². The second-order valence-electron chi connectivity index (χ2n) is 7.73.